The molecule has 0 spiro atoms. The molecule has 2 aromatic rings. The number of anilines is 1. The van der Waals surface area contributed by atoms with Crippen LogP contribution in [0.15, 0.2) is 48.2 Å². The Labute approximate surface area is 199 Å². The van der Waals surface area contributed by atoms with Crippen LogP contribution in [0.1, 0.15) is 31.9 Å². The van der Waals surface area contributed by atoms with Crippen LogP contribution in [0.5, 0.6) is 11.5 Å². The van der Waals surface area contributed by atoms with Crippen LogP contribution in [-0.4, -0.2) is 41.6 Å². The molecule has 0 radical (unpaired) electrons. The second kappa shape index (κ2) is 11.0. The molecule has 0 aliphatic carbocycles. The summed E-state index contributed by atoms with van der Waals surface area (Å²) in [7, 11) is 0. The molecule has 0 atom stereocenters. The molecule has 1 heterocycles. The van der Waals surface area contributed by atoms with Crippen molar-refractivity contribution >= 4 is 40.9 Å². The van der Waals surface area contributed by atoms with Gasteiger partial charge in [0.05, 0.1) is 6.61 Å². The van der Waals surface area contributed by atoms with E-state index >= 15 is 0 Å². The number of hydrogen-bond acceptors (Lipinski definition) is 5. The minimum Gasteiger partial charge on any atom is -0.490 e. The number of hydrogen-bond donors (Lipinski definition) is 2. The van der Waals surface area contributed by atoms with Gasteiger partial charge in [0.15, 0.2) is 23.2 Å². The third-order valence-corrected chi connectivity index (χ3v) is 5.19. The molecule has 0 saturated carbocycles. The van der Waals surface area contributed by atoms with Crippen LogP contribution in [0.25, 0.3) is 6.08 Å². The quantitative estimate of drug-likeness (QED) is 0.427. The molecule has 2 aromatic carbocycles. The van der Waals surface area contributed by atoms with Gasteiger partial charge in [0.2, 0.25) is 0 Å². The van der Waals surface area contributed by atoms with Crippen molar-refractivity contribution in [2.45, 2.75) is 27.7 Å². The van der Waals surface area contributed by atoms with Crippen LogP contribution in [0.4, 0.5) is 5.69 Å². The first-order chi connectivity index (χ1) is 15.8. The Morgan fingerprint density at radius 2 is 1.94 bits per heavy atom. The Bertz CT molecular complexity index is 1080. The number of nitrogens with one attached hydrogen (secondary N) is 2. The first-order valence-electron chi connectivity index (χ1n) is 10.9. The summed E-state index contributed by atoms with van der Waals surface area (Å²) in [5.41, 5.74) is 2.88. The van der Waals surface area contributed by atoms with E-state index in [1.165, 1.54) is 0 Å². The molecule has 3 rings (SSSR count). The van der Waals surface area contributed by atoms with Crippen molar-refractivity contribution in [2.24, 2.45) is 5.92 Å². The monoisotopic (exact) mass is 467 g/mol. The molecule has 8 heteroatoms. The number of carbonyl (C=O) groups excluding carboxylic acids is 2. The number of carbonyl (C=O) groups is 2. The zero-order valence-electron chi connectivity index (χ0n) is 19.3. The zero-order chi connectivity index (χ0) is 24.0. The minimum atomic E-state index is -0.266. The fraction of sp³-hybridized carbons (Fsp3) is 0.320. The molecule has 0 bridgehead atoms. The van der Waals surface area contributed by atoms with Gasteiger partial charge in [0.1, 0.15) is 5.70 Å². The minimum absolute atomic E-state index is 0.153. The molecule has 1 saturated heterocycles. The first kappa shape index (κ1) is 24.3. The largest absolute Gasteiger partial charge is 0.490 e. The van der Waals surface area contributed by atoms with E-state index in [9.17, 15) is 9.59 Å². The van der Waals surface area contributed by atoms with Crippen molar-refractivity contribution in [1.82, 2.24) is 10.2 Å². The molecule has 1 fully saturated rings. The average molecular weight is 468 g/mol. The highest BCUT2D eigenvalue weighted by Gasteiger charge is 2.30. The van der Waals surface area contributed by atoms with Crippen LogP contribution >= 0.6 is 12.2 Å². The van der Waals surface area contributed by atoms with Gasteiger partial charge in [-0.1, -0.05) is 38.1 Å². The molecular formula is C25H29N3O4S. The number of nitrogens with zero attached hydrogens (tertiary/aromatic N) is 1. The lowest BCUT2D eigenvalue weighted by atomic mass is 10.1. The lowest BCUT2D eigenvalue weighted by molar-refractivity contribution is -0.122. The molecule has 2 N–H and O–H groups in total. The predicted molar refractivity (Wildman–Crippen MR) is 133 cm³/mol. The van der Waals surface area contributed by atoms with E-state index in [1.54, 1.807) is 29.2 Å². The molecule has 1 aliphatic heterocycles. The van der Waals surface area contributed by atoms with Gasteiger partial charge >= 0.3 is 0 Å². The molecule has 174 valence electrons. The summed E-state index contributed by atoms with van der Waals surface area (Å²) in [6.45, 7) is 8.68. The second-order valence-corrected chi connectivity index (χ2v) is 8.48. The maximum absolute atomic E-state index is 12.7. The normalized spacial score (nSPS) is 14.6. The summed E-state index contributed by atoms with van der Waals surface area (Å²) in [6.07, 6.45) is 1.73. The smallest absolute Gasteiger partial charge is 0.276 e. The summed E-state index contributed by atoms with van der Waals surface area (Å²) < 4.78 is 11.4. The van der Waals surface area contributed by atoms with E-state index < -0.39 is 0 Å². The van der Waals surface area contributed by atoms with Crippen molar-refractivity contribution in [2.75, 3.05) is 25.1 Å². The number of amides is 2. The van der Waals surface area contributed by atoms with Crippen LogP contribution in [0.3, 0.4) is 0 Å². The van der Waals surface area contributed by atoms with Gasteiger partial charge < -0.3 is 20.1 Å². The highest BCUT2D eigenvalue weighted by molar-refractivity contribution is 7.80. The summed E-state index contributed by atoms with van der Waals surface area (Å²) in [6, 6.07) is 12.8. The topological polar surface area (TPSA) is 79.9 Å². The lowest BCUT2D eigenvalue weighted by Gasteiger charge is -2.16. The van der Waals surface area contributed by atoms with Gasteiger partial charge in [0.25, 0.3) is 11.8 Å². The molecule has 0 aromatic heterocycles. The fourth-order valence-corrected chi connectivity index (χ4v) is 3.58. The molecule has 1 aliphatic rings. The summed E-state index contributed by atoms with van der Waals surface area (Å²) in [4.78, 5) is 26.6. The van der Waals surface area contributed by atoms with Crippen LogP contribution in [0, 0.1) is 12.8 Å². The van der Waals surface area contributed by atoms with E-state index in [4.69, 9.17) is 21.7 Å². The van der Waals surface area contributed by atoms with Crippen molar-refractivity contribution in [3.8, 4) is 11.5 Å². The van der Waals surface area contributed by atoms with Crippen molar-refractivity contribution in [1.29, 1.82) is 0 Å². The van der Waals surface area contributed by atoms with Gasteiger partial charge in [-0.3, -0.25) is 14.5 Å². The number of rotatable bonds is 9. The van der Waals surface area contributed by atoms with Gasteiger partial charge in [0, 0.05) is 12.2 Å². The van der Waals surface area contributed by atoms with E-state index in [0.29, 0.717) is 41.4 Å². The molecule has 2 amide bonds. The predicted octanol–water partition coefficient (Wildman–Crippen LogP) is 4.12. The highest BCUT2D eigenvalue weighted by Crippen LogP contribution is 2.30. The van der Waals surface area contributed by atoms with E-state index in [-0.39, 0.29) is 18.4 Å². The number of benzene rings is 2. The molecule has 7 nitrogen and oxygen atoms in total. The fourth-order valence-electron chi connectivity index (χ4n) is 3.31. The third kappa shape index (κ3) is 6.32. The molecule has 0 unspecified atom stereocenters. The maximum Gasteiger partial charge on any atom is 0.276 e. The summed E-state index contributed by atoms with van der Waals surface area (Å²) >= 11 is 5.30. The van der Waals surface area contributed by atoms with Gasteiger partial charge in [-0.25, -0.2) is 0 Å². The number of ether oxygens (including phenoxy) is 2. The first-order valence-corrected chi connectivity index (χ1v) is 11.3. The Morgan fingerprint density at radius 3 is 2.64 bits per heavy atom. The standard InChI is InChI=1S/C25H29N3O4S/c1-5-31-22-13-18(12-20-24(30)28(14-16(2)3)25(33)27-20)10-11-21(22)32-15-23(29)26-19-9-7-6-8-17(19)4/h6-13,16H,5,14-15H2,1-4H3,(H,26,29)(H,27,33)/b20-12+. The molecular weight excluding hydrogens is 438 g/mol. The van der Waals surface area contributed by atoms with E-state index in [2.05, 4.69) is 10.6 Å². The van der Waals surface area contributed by atoms with E-state index in [1.807, 2.05) is 52.0 Å². The highest BCUT2D eigenvalue weighted by atomic mass is 32.1. The zero-order valence-corrected chi connectivity index (χ0v) is 20.1. The maximum atomic E-state index is 12.7. The molecule has 33 heavy (non-hydrogen) atoms. The Hall–Kier alpha value is -3.39. The number of thiocarbonyl (C=S) groups is 1. The van der Waals surface area contributed by atoms with Crippen molar-refractivity contribution < 1.29 is 19.1 Å². The van der Waals surface area contributed by atoms with Crippen LogP contribution < -0.4 is 20.1 Å². The number of para-hydroxylation sites is 1. The van der Waals surface area contributed by atoms with Crippen molar-refractivity contribution in [3.05, 3.63) is 59.3 Å². The van der Waals surface area contributed by atoms with E-state index in [0.717, 1.165) is 16.8 Å². The SMILES string of the molecule is CCOc1cc(/C=C2/NC(=S)N(CC(C)C)C2=O)ccc1OCC(=O)Nc1ccccc1C. The Morgan fingerprint density at radius 1 is 1.18 bits per heavy atom. The van der Waals surface area contributed by atoms with Gasteiger partial charge in [-0.05, 0) is 67.4 Å². The van der Waals surface area contributed by atoms with Gasteiger partial charge in [-0.2, -0.15) is 0 Å². The Balaban J connectivity index is 1.71. The Kier molecular flexibility index (Phi) is 8.06. The van der Waals surface area contributed by atoms with Crippen molar-refractivity contribution in [3.63, 3.8) is 0 Å². The van der Waals surface area contributed by atoms with Crippen LogP contribution in [-0.2, 0) is 9.59 Å². The summed E-state index contributed by atoms with van der Waals surface area (Å²) in [5.74, 6) is 0.818. The van der Waals surface area contributed by atoms with Crippen LogP contribution in [0.2, 0.25) is 0 Å². The number of aryl methyl sites for hydroxylation is 1. The second-order valence-electron chi connectivity index (χ2n) is 8.09. The third-order valence-electron chi connectivity index (χ3n) is 4.87. The average Bonchev–Trinajstić information content (AvgIpc) is 3.02. The van der Waals surface area contributed by atoms with Gasteiger partial charge in [-0.15, -0.1) is 0 Å². The lowest BCUT2D eigenvalue weighted by Crippen LogP contribution is -2.33. The summed E-state index contributed by atoms with van der Waals surface area (Å²) in [5, 5.41) is 6.23.